The van der Waals surface area contributed by atoms with Crippen LogP contribution in [-0.2, 0) is 7.05 Å². The number of fused-ring (bicyclic) bond motifs is 1. The Bertz CT molecular complexity index is 439. The Morgan fingerprint density at radius 3 is 2.46 bits per heavy atom. The summed E-state index contributed by atoms with van der Waals surface area (Å²) in [5.41, 5.74) is 1.14. The van der Waals surface area contributed by atoms with Crippen LogP contribution in [0, 0.1) is 5.41 Å². The summed E-state index contributed by atoms with van der Waals surface area (Å²) in [7, 11) is 1.92. The monoisotopic (exact) mass is 194 g/mol. The van der Waals surface area contributed by atoms with Crippen molar-refractivity contribution in [1.29, 1.82) is 5.41 Å². The van der Waals surface area contributed by atoms with Crippen molar-refractivity contribution < 1.29 is 0 Å². The standard InChI is InChI=1S/C8H8N2S.C2H6/c1-10-6-4-2-3-5-7(6)11-8(10)9;1-2/h2-5,9H,1H3;1-2H3. The van der Waals surface area contributed by atoms with Gasteiger partial charge in [0.2, 0.25) is 0 Å². The third-order valence-corrected chi connectivity index (χ3v) is 2.77. The summed E-state index contributed by atoms with van der Waals surface area (Å²) in [4.78, 5) is 0.603. The lowest BCUT2D eigenvalue weighted by Crippen LogP contribution is -2.06. The molecule has 0 atom stereocenters. The molecule has 2 aromatic rings. The third kappa shape index (κ3) is 1.80. The number of benzene rings is 1. The molecule has 0 fully saturated rings. The Hall–Kier alpha value is -1.09. The van der Waals surface area contributed by atoms with E-state index in [1.54, 1.807) is 0 Å². The van der Waals surface area contributed by atoms with Crippen LogP contribution in [0.2, 0.25) is 0 Å². The molecule has 2 rings (SSSR count). The first-order valence-electron chi connectivity index (χ1n) is 4.38. The molecule has 0 aliphatic carbocycles. The number of rotatable bonds is 0. The van der Waals surface area contributed by atoms with Crippen LogP contribution >= 0.6 is 11.3 Å². The lowest BCUT2D eigenvalue weighted by molar-refractivity contribution is 0.893. The molecule has 0 amide bonds. The summed E-state index contributed by atoms with van der Waals surface area (Å²) in [6, 6.07) is 8.06. The number of hydrogen-bond acceptors (Lipinski definition) is 2. The second-order valence-corrected chi connectivity index (χ2v) is 3.46. The van der Waals surface area contributed by atoms with Gasteiger partial charge in [-0.25, -0.2) is 0 Å². The molecule has 3 heteroatoms. The zero-order valence-corrected chi connectivity index (χ0v) is 8.98. The molecule has 0 aliphatic rings. The maximum absolute atomic E-state index is 7.53. The van der Waals surface area contributed by atoms with Gasteiger partial charge in [-0.05, 0) is 12.1 Å². The fourth-order valence-electron chi connectivity index (χ4n) is 1.10. The predicted octanol–water partition coefficient (Wildman–Crippen LogP) is 2.75. The molecule has 0 radical (unpaired) electrons. The van der Waals surface area contributed by atoms with Gasteiger partial charge in [-0.2, -0.15) is 0 Å². The van der Waals surface area contributed by atoms with Crippen LogP contribution in [0.25, 0.3) is 10.2 Å². The predicted molar refractivity (Wildman–Crippen MR) is 58.0 cm³/mol. The molecule has 1 aromatic heterocycles. The molecule has 13 heavy (non-hydrogen) atoms. The van der Waals surface area contributed by atoms with Gasteiger partial charge in [0.25, 0.3) is 0 Å². The molecule has 0 spiro atoms. The number of para-hydroxylation sites is 1. The summed E-state index contributed by atoms with van der Waals surface area (Å²) in [5, 5.41) is 7.53. The van der Waals surface area contributed by atoms with Crippen molar-refractivity contribution in [3.05, 3.63) is 29.1 Å². The van der Waals surface area contributed by atoms with Crippen LogP contribution in [0.5, 0.6) is 0 Å². The Balaban J connectivity index is 0.000000396. The van der Waals surface area contributed by atoms with E-state index >= 15 is 0 Å². The maximum atomic E-state index is 7.53. The van der Waals surface area contributed by atoms with E-state index in [0.29, 0.717) is 4.80 Å². The molecule has 0 bridgehead atoms. The molecule has 70 valence electrons. The van der Waals surface area contributed by atoms with Crippen molar-refractivity contribution in [3.63, 3.8) is 0 Å². The highest BCUT2D eigenvalue weighted by Crippen LogP contribution is 2.14. The Morgan fingerprint density at radius 2 is 1.85 bits per heavy atom. The van der Waals surface area contributed by atoms with E-state index in [0.717, 1.165) is 5.52 Å². The van der Waals surface area contributed by atoms with Crippen molar-refractivity contribution in [3.8, 4) is 0 Å². The van der Waals surface area contributed by atoms with Gasteiger partial charge < -0.3 is 4.57 Å². The van der Waals surface area contributed by atoms with Crippen LogP contribution < -0.4 is 4.80 Å². The molecular weight excluding hydrogens is 180 g/mol. The Labute approximate surface area is 82.0 Å². The highest BCUT2D eigenvalue weighted by molar-refractivity contribution is 7.16. The maximum Gasteiger partial charge on any atom is 0.182 e. The van der Waals surface area contributed by atoms with Crippen LogP contribution in [-0.4, -0.2) is 4.57 Å². The average molecular weight is 194 g/mol. The molecule has 0 unspecified atom stereocenters. The van der Waals surface area contributed by atoms with E-state index in [1.165, 1.54) is 16.0 Å². The number of nitrogens with zero attached hydrogens (tertiary/aromatic N) is 1. The SMILES string of the molecule is CC.Cn1c(=N)sc2ccccc21. The van der Waals surface area contributed by atoms with E-state index in [9.17, 15) is 0 Å². The molecule has 0 saturated carbocycles. The highest BCUT2D eigenvalue weighted by atomic mass is 32.1. The molecule has 0 aliphatic heterocycles. The molecule has 1 N–H and O–H groups in total. The molecule has 1 aromatic carbocycles. The number of thiazole rings is 1. The zero-order chi connectivity index (χ0) is 9.84. The van der Waals surface area contributed by atoms with Crippen molar-refractivity contribution in [2.24, 2.45) is 7.05 Å². The number of aryl methyl sites for hydroxylation is 1. The topological polar surface area (TPSA) is 28.8 Å². The van der Waals surface area contributed by atoms with Gasteiger partial charge in [-0.1, -0.05) is 37.3 Å². The van der Waals surface area contributed by atoms with Crippen molar-refractivity contribution in [2.45, 2.75) is 13.8 Å². The smallest absolute Gasteiger partial charge is 0.182 e. The molecule has 2 nitrogen and oxygen atoms in total. The first-order chi connectivity index (χ1) is 6.29. The van der Waals surface area contributed by atoms with Gasteiger partial charge in [0.1, 0.15) is 0 Å². The van der Waals surface area contributed by atoms with Crippen molar-refractivity contribution in [1.82, 2.24) is 4.57 Å². The largest absolute Gasteiger partial charge is 0.320 e. The minimum Gasteiger partial charge on any atom is -0.320 e. The number of hydrogen-bond donors (Lipinski definition) is 1. The van der Waals surface area contributed by atoms with Gasteiger partial charge in [0.05, 0.1) is 10.2 Å². The van der Waals surface area contributed by atoms with E-state index < -0.39 is 0 Å². The van der Waals surface area contributed by atoms with Crippen molar-refractivity contribution >= 4 is 21.6 Å². The fourth-order valence-corrected chi connectivity index (χ4v) is 2.00. The Morgan fingerprint density at radius 1 is 1.23 bits per heavy atom. The number of aromatic nitrogens is 1. The van der Waals surface area contributed by atoms with E-state index in [-0.39, 0.29) is 0 Å². The Kier molecular flexibility index (Phi) is 3.25. The van der Waals surface area contributed by atoms with Crippen molar-refractivity contribution in [2.75, 3.05) is 0 Å². The highest BCUT2D eigenvalue weighted by Gasteiger charge is 1.97. The summed E-state index contributed by atoms with van der Waals surface area (Å²) < 4.78 is 3.07. The van der Waals surface area contributed by atoms with E-state index in [4.69, 9.17) is 5.41 Å². The summed E-state index contributed by atoms with van der Waals surface area (Å²) in [6.07, 6.45) is 0. The molecule has 1 heterocycles. The lowest BCUT2D eigenvalue weighted by Gasteiger charge is -1.91. The first-order valence-corrected chi connectivity index (χ1v) is 5.20. The van der Waals surface area contributed by atoms with Gasteiger partial charge in [0, 0.05) is 7.05 Å². The average Bonchev–Trinajstić information content (AvgIpc) is 2.47. The van der Waals surface area contributed by atoms with E-state index in [2.05, 4.69) is 0 Å². The van der Waals surface area contributed by atoms with Gasteiger partial charge in [-0.3, -0.25) is 5.41 Å². The van der Waals surface area contributed by atoms with Gasteiger partial charge >= 0.3 is 0 Å². The lowest BCUT2D eigenvalue weighted by atomic mass is 10.3. The fraction of sp³-hybridized carbons (Fsp3) is 0.300. The second kappa shape index (κ2) is 4.23. The van der Waals surface area contributed by atoms with E-state index in [1.807, 2.05) is 49.7 Å². The number of nitrogens with one attached hydrogen (secondary N) is 1. The summed E-state index contributed by atoms with van der Waals surface area (Å²) in [5.74, 6) is 0. The van der Waals surface area contributed by atoms with Crippen LogP contribution in [0.4, 0.5) is 0 Å². The minimum atomic E-state index is 0.603. The summed E-state index contributed by atoms with van der Waals surface area (Å²) >= 11 is 1.51. The first kappa shape index (κ1) is 9.99. The van der Waals surface area contributed by atoms with Crippen LogP contribution in [0.15, 0.2) is 24.3 Å². The van der Waals surface area contributed by atoms with Crippen LogP contribution in [0.3, 0.4) is 0 Å². The minimum absolute atomic E-state index is 0.603. The van der Waals surface area contributed by atoms with Crippen LogP contribution in [0.1, 0.15) is 13.8 Å². The molecule has 0 saturated heterocycles. The normalized spacial score (nSPS) is 9.46. The molecular formula is C10H14N2S. The quantitative estimate of drug-likeness (QED) is 0.668. The van der Waals surface area contributed by atoms with Gasteiger partial charge in [0.15, 0.2) is 4.80 Å². The zero-order valence-electron chi connectivity index (χ0n) is 8.16. The third-order valence-electron chi connectivity index (χ3n) is 1.74. The van der Waals surface area contributed by atoms with Gasteiger partial charge in [-0.15, -0.1) is 0 Å². The second-order valence-electron chi connectivity index (χ2n) is 2.43. The summed E-state index contributed by atoms with van der Waals surface area (Å²) in [6.45, 7) is 4.00.